The second kappa shape index (κ2) is 7.26. The van der Waals surface area contributed by atoms with Crippen LogP contribution in [0.15, 0.2) is 12.1 Å². The highest BCUT2D eigenvalue weighted by Gasteiger charge is 2.48. The molecule has 0 N–H and O–H groups in total. The fourth-order valence-electron chi connectivity index (χ4n) is 4.61. The second-order valence-electron chi connectivity index (χ2n) is 7.64. The molecule has 2 atom stereocenters. The summed E-state index contributed by atoms with van der Waals surface area (Å²) in [6.45, 7) is 3.43. The van der Waals surface area contributed by atoms with Crippen molar-refractivity contribution in [3.05, 3.63) is 34.6 Å². The quantitative estimate of drug-likeness (QED) is 0.563. The topological polar surface area (TPSA) is 9.23 Å². The highest BCUT2D eigenvalue weighted by molar-refractivity contribution is 5.39. The first kappa shape index (κ1) is 18.7. The number of ether oxygens (including phenoxy) is 1. The molecule has 2 aliphatic rings. The largest absolute Gasteiger partial charge is 0.415 e. The van der Waals surface area contributed by atoms with Crippen LogP contribution in [0.2, 0.25) is 0 Å². The lowest BCUT2D eigenvalue weighted by Crippen LogP contribution is -2.39. The molecule has 1 aliphatic carbocycles. The van der Waals surface area contributed by atoms with Crippen molar-refractivity contribution in [2.75, 3.05) is 0 Å². The van der Waals surface area contributed by atoms with Gasteiger partial charge in [-0.2, -0.15) is 13.2 Å². The van der Waals surface area contributed by atoms with E-state index in [1.54, 1.807) is 0 Å². The lowest BCUT2D eigenvalue weighted by atomic mass is 9.76. The van der Waals surface area contributed by atoms with Crippen LogP contribution < -0.4 is 0 Å². The molecule has 1 saturated carbocycles. The van der Waals surface area contributed by atoms with E-state index in [0.29, 0.717) is 11.5 Å². The van der Waals surface area contributed by atoms with E-state index in [9.17, 15) is 17.6 Å². The Hall–Kier alpha value is -1.10. The summed E-state index contributed by atoms with van der Waals surface area (Å²) in [5.41, 5.74) is 1.68. The lowest BCUT2D eigenvalue weighted by Gasteiger charge is -2.34. The highest BCUT2D eigenvalue weighted by atomic mass is 19.4. The molecule has 1 aromatic rings. The predicted molar refractivity (Wildman–Crippen MR) is 89.1 cm³/mol. The number of benzene rings is 1. The van der Waals surface area contributed by atoms with Crippen molar-refractivity contribution in [2.45, 2.75) is 83.1 Å². The number of fused-ring (bicyclic) bond motifs is 1. The van der Waals surface area contributed by atoms with Gasteiger partial charge in [0.2, 0.25) is 0 Å². The van der Waals surface area contributed by atoms with E-state index in [4.69, 9.17) is 4.74 Å². The zero-order valence-electron chi connectivity index (χ0n) is 14.8. The summed E-state index contributed by atoms with van der Waals surface area (Å²) in [6.07, 6.45) is 0.410. The molecule has 1 aliphatic heterocycles. The third-order valence-corrected chi connectivity index (χ3v) is 5.90. The second-order valence-corrected chi connectivity index (χ2v) is 7.64. The van der Waals surface area contributed by atoms with E-state index in [1.165, 1.54) is 25.8 Å². The van der Waals surface area contributed by atoms with Crippen molar-refractivity contribution in [3.8, 4) is 0 Å². The maximum atomic E-state index is 14.7. The molecule has 1 fully saturated rings. The molecule has 2 unspecified atom stereocenters. The Morgan fingerprint density at radius 1 is 1.12 bits per heavy atom. The molecule has 140 valence electrons. The smallest absolute Gasteiger partial charge is 0.363 e. The van der Waals surface area contributed by atoms with Gasteiger partial charge >= 0.3 is 6.18 Å². The van der Waals surface area contributed by atoms with Crippen LogP contribution in [0.5, 0.6) is 0 Å². The van der Waals surface area contributed by atoms with Crippen molar-refractivity contribution >= 4 is 0 Å². The van der Waals surface area contributed by atoms with E-state index in [-0.39, 0.29) is 12.2 Å². The van der Waals surface area contributed by atoms with E-state index < -0.39 is 24.0 Å². The first-order valence-corrected chi connectivity index (χ1v) is 9.31. The van der Waals surface area contributed by atoms with Gasteiger partial charge in [-0.15, -0.1) is 0 Å². The van der Waals surface area contributed by atoms with Gasteiger partial charge in [0.15, 0.2) is 6.10 Å². The molecule has 0 radical (unpaired) electrons. The molecule has 0 bridgehead atoms. The number of alkyl halides is 3. The summed E-state index contributed by atoms with van der Waals surface area (Å²) in [4.78, 5) is 0. The molecule has 25 heavy (non-hydrogen) atoms. The van der Waals surface area contributed by atoms with Crippen molar-refractivity contribution in [1.29, 1.82) is 0 Å². The maximum Gasteiger partial charge on any atom is 0.415 e. The summed E-state index contributed by atoms with van der Waals surface area (Å²) < 4.78 is 58.8. The van der Waals surface area contributed by atoms with Crippen molar-refractivity contribution in [1.82, 2.24) is 0 Å². The maximum absolute atomic E-state index is 14.7. The Bertz CT molecular complexity index is 602. The van der Waals surface area contributed by atoms with E-state index in [1.807, 2.05) is 6.07 Å². The zero-order valence-corrected chi connectivity index (χ0v) is 14.8. The molecule has 0 aromatic heterocycles. The van der Waals surface area contributed by atoms with Crippen LogP contribution in [-0.2, 0) is 11.3 Å². The number of hydrogen-bond donors (Lipinski definition) is 0. The van der Waals surface area contributed by atoms with Crippen LogP contribution in [0.25, 0.3) is 0 Å². The molecule has 3 rings (SSSR count). The summed E-state index contributed by atoms with van der Waals surface area (Å²) in [5, 5.41) is 0. The number of rotatable bonds is 3. The van der Waals surface area contributed by atoms with Gasteiger partial charge in [-0.05, 0) is 60.3 Å². The summed E-state index contributed by atoms with van der Waals surface area (Å²) >= 11 is 0. The number of hydrogen-bond acceptors (Lipinski definition) is 1. The Morgan fingerprint density at radius 2 is 1.80 bits per heavy atom. The van der Waals surface area contributed by atoms with Crippen LogP contribution in [0.4, 0.5) is 17.6 Å². The molecule has 1 aromatic carbocycles. The molecular weight excluding hydrogens is 332 g/mol. The van der Waals surface area contributed by atoms with Crippen molar-refractivity contribution in [3.63, 3.8) is 0 Å². The van der Waals surface area contributed by atoms with Crippen LogP contribution in [0.3, 0.4) is 0 Å². The zero-order chi connectivity index (χ0) is 18.2. The van der Waals surface area contributed by atoms with Crippen LogP contribution in [-0.4, -0.2) is 12.3 Å². The SMILES string of the molecule is CCCC1CCC(c2cc(F)c3c(c2)COC(C(F)(F)F)C3C)CC1. The van der Waals surface area contributed by atoms with Gasteiger partial charge in [0.05, 0.1) is 6.61 Å². The minimum Gasteiger partial charge on any atom is -0.363 e. The van der Waals surface area contributed by atoms with E-state index in [0.717, 1.165) is 37.2 Å². The van der Waals surface area contributed by atoms with Crippen molar-refractivity contribution in [2.24, 2.45) is 5.92 Å². The lowest BCUT2D eigenvalue weighted by molar-refractivity contribution is -0.233. The molecule has 0 amide bonds. The molecule has 0 saturated heterocycles. The van der Waals surface area contributed by atoms with Crippen LogP contribution in [0.1, 0.15) is 80.9 Å². The van der Waals surface area contributed by atoms with Gasteiger partial charge in [-0.1, -0.05) is 32.8 Å². The Morgan fingerprint density at radius 3 is 2.40 bits per heavy atom. The minimum absolute atomic E-state index is 0.167. The van der Waals surface area contributed by atoms with Gasteiger partial charge in [-0.3, -0.25) is 0 Å². The number of halogens is 4. The molecule has 0 spiro atoms. The van der Waals surface area contributed by atoms with Gasteiger partial charge in [-0.25, -0.2) is 4.39 Å². The molecular formula is C20H26F4O. The normalized spacial score (nSPS) is 30.2. The highest BCUT2D eigenvalue weighted by Crippen LogP contribution is 2.43. The predicted octanol–water partition coefficient (Wildman–Crippen LogP) is 6.46. The van der Waals surface area contributed by atoms with Gasteiger partial charge in [0, 0.05) is 5.92 Å². The van der Waals surface area contributed by atoms with Crippen molar-refractivity contribution < 1.29 is 22.3 Å². The molecule has 1 heterocycles. The first-order chi connectivity index (χ1) is 11.8. The standard InChI is InChI=1S/C20H26F4O/c1-3-4-13-5-7-14(8-6-13)15-9-16-11-25-19(20(22,23)24)12(2)18(16)17(21)10-15/h9-10,12-14,19H,3-8,11H2,1-2H3. The van der Waals surface area contributed by atoms with E-state index >= 15 is 0 Å². The van der Waals surface area contributed by atoms with E-state index in [2.05, 4.69) is 6.92 Å². The van der Waals surface area contributed by atoms with Gasteiger partial charge in [0.1, 0.15) is 5.82 Å². The van der Waals surface area contributed by atoms with Crippen LogP contribution >= 0.6 is 0 Å². The fourth-order valence-corrected chi connectivity index (χ4v) is 4.61. The first-order valence-electron chi connectivity index (χ1n) is 9.31. The average Bonchev–Trinajstić information content (AvgIpc) is 2.54. The fraction of sp³-hybridized carbons (Fsp3) is 0.700. The third-order valence-electron chi connectivity index (χ3n) is 5.90. The monoisotopic (exact) mass is 358 g/mol. The summed E-state index contributed by atoms with van der Waals surface area (Å²) in [6, 6.07) is 3.35. The summed E-state index contributed by atoms with van der Waals surface area (Å²) in [5.74, 6) is -0.450. The van der Waals surface area contributed by atoms with Crippen LogP contribution in [0, 0.1) is 11.7 Å². The Balaban J connectivity index is 1.80. The van der Waals surface area contributed by atoms with Gasteiger partial charge in [0.25, 0.3) is 0 Å². The average molecular weight is 358 g/mol. The Kier molecular flexibility index (Phi) is 5.42. The molecule has 1 nitrogen and oxygen atoms in total. The minimum atomic E-state index is -4.47. The van der Waals surface area contributed by atoms with Gasteiger partial charge < -0.3 is 4.74 Å². The summed E-state index contributed by atoms with van der Waals surface area (Å²) in [7, 11) is 0. The Labute approximate surface area is 146 Å². The third kappa shape index (κ3) is 3.86. The molecule has 5 heteroatoms.